The lowest BCUT2D eigenvalue weighted by atomic mass is 9.53. The Morgan fingerprint density at radius 1 is 0.677 bits per heavy atom. The predicted octanol–water partition coefficient (Wildman–Crippen LogP) is 16.8. The molecular weight excluding hydrogens is 791 g/mol. The van der Waals surface area contributed by atoms with Crippen molar-refractivity contribution in [1.82, 2.24) is 9.38 Å². The van der Waals surface area contributed by atoms with Crippen LogP contribution in [0.15, 0.2) is 77.3 Å². The fourth-order valence-electron chi connectivity index (χ4n) is 14.2. The van der Waals surface area contributed by atoms with Crippen molar-refractivity contribution < 1.29 is 4.42 Å². The van der Waals surface area contributed by atoms with Crippen molar-refractivity contribution in [3.63, 3.8) is 0 Å². The molecule has 13 rings (SSSR count). The van der Waals surface area contributed by atoms with Crippen LogP contribution < -0.4 is 0 Å². The summed E-state index contributed by atoms with van der Waals surface area (Å²) >= 11 is 0. The van der Waals surface area contributed by atoms with Crippen LogP contribution in [0.25, 0.3) is 82.3 Å². The average Bonchev–Trinajstić information content (AvgIpc) is 3.94. The molecule has 0 radical (unpaired) electrons. The number of nitrogens with zero attached hydrogens (tertiary/aromatic N) is 3. The summed E-state index contributed by atoms with van der Waals surface area (Å²) in [5.41, 5.74) is 19.7. The summed E-state index contributed by atoms with van der Waals surface area (Å²) in [6, 6.07) is 28.0. The molecule has 4 aromatic heterocycles. The maximum atomic E-state index is 11.7. The summed E-state index contributed by atoms with van der Waals surface area (Å²) in [5.74, 6) is 0. The lowest BCUT2D eigenvalue weighted by Crippen LogP contribution is -2.45. The number of nitriles is 1. The Hall–Kier alpha value is -5.66. The van der Waals surface area contributed by atoms with Crippen molar-refractivity contribution in [2.75, 3.05) is 0 Å². The average molecular weight is 854 g/mol. The van der Waals surface area contributed by atoms with E-state index in [0.29, 0.717) is 0 Å². The summed E-state index contributed by atoms with van der Waals surface area (Å²) in [6.07, 6.45) is 8.70. The Morgan fingerprint density at radius 3 is 1.98 bits per heavy atom. The van der Waals surface area contributed by atoms with E-state index in [4.69, 9.17) is 9.40 Å². The zero-order chi connectivity index (χ0) is 45.7. The number of benzene rings is 5. The second-order valence-corrected chi connectivity index (χ2v) is 25.0. The summed E-state index contributed by atoms with van der Waals surface area (Å²) in [6.45, 7) is 30.8. The van der Waals surface area contributed by atoms with Gasteiger partial charge in [-0.25, -0.2) is 0 Å². The quantitative estimate of drug-likeness (QED) is 0.178. The molecule has 0 saturated heterocycles. The molecule has 1 fully saturated rings. The minimum Gasteiger partial charge on any atom is -0.455 e. The third kappa shape index (κ3) is 5.28. The molecule has 4 heterocycles. The SMILES string of the molecule is Cc1cccc(C)c1-c1c2oc3ccccc3c2c2c3c4c(c(C#N)cc3n3c5cnc6c(c5c1c23)C1(C)CCC6(C)CC1)C(CC(C)(C)C)(CC(C)(C)C)c1cc(C(C)(C)C)ccc1-4. The number of hydrogen-bond acceptors (Lipinski definition) is 3. The van der Waals surface area contributed by atoms with E-state index >= 15 is 0 Å². The van der Waals surface area contributed by atoms with Crippen LogP contribution >= 0.6 is 0 Å². The van der Waals surface area contributed by atoms with Crippen molar-refractivity contribution >= 4 is 60.0 Å². The maximum Gasteiger partial charge on any atom is 0.144 e. The van der Waals surface area contributed by atoms with Crippen LogP contribution in [0, 0.1) is 36.0 Å². The molecule has 4 heteroatoms. The van der Waals surface area contributed by atoms with Crippen LogP contribution in [0.4, 0.5) is 0 Å². The van der Waals surface area contributed by atoms with Crippen molar-refractivity contribution in [2.24, 2.45) is 10.8 Å². The van der Waals surface area contributed by atoms with Gasteiger partial charge in [-0.1, -0.05) is 131 Å². The van der Waals surface area contributed by atoms with Gasteiger partial charge >= 0.3 is 0 Å². The molecular formula is C61H63N3O. The second kappa shape index (κ2) is 12.6. The van der Waals surface area contributed by atoms with E-state index in [2.05, 4.69) is 173 Å². The van der Waals surface area contributed by atoms with E-state index in [1.165, 1.54) is 93.8 Å². The predicted molar refractivity (Wildman–Crippen MR) is 272 cm³/mol. The minimum absolute atomic E-state index is 0.000749. The van der Waals surface area contributed by atoms with Gasteiger partial charge in [0.25, 0.3) is 0 Å². The van der Waals surface area contributed by atoms with E-state index in [1.54, 1.807) is 0 Å². The first-order valence-electron chi connectivity index (χ1n) is 24.3. The number of fused-ring (bicyclic) bond motifs is 16. The van der Waals surface area contributed by atoms with Crippen LogP contribution in [-0.4, -0.2) is 9.38 Å². The third-order valence-corrected chi connectivity index (χ3v) is 16.7. The molecule has 4 nitrogen and oxygen atoms in total. The molecule has 1 saturated carbocycles. The van der Waals surface area contributed by atoms with Gasteiger partial charge in [0.2, 0.25) is 0 Å². The van der Waals surface area contributed by atoms with Crippen LogP contribution in [0.1, 0.15) is 159 Å². The van der Waals surface area contributed by atoms with E-state index in [1.807, 2.05) is 0 Å². The van der Waals surface area contributed by atoms with Gasteiger partial charge in [-0.2, -0.15) is 5.26 Å². The zero-order valence-electron chi connectivity index (χ0n) is 40.9. The molecule has 2 bridgehead atoms. The molecule has 0 N–H and O–H groups in total. The molecule has 5 aromatic carbocycles. The maximum absolute atomic E-state index is 11.7. The van der Waals surface area contributed by atoms with E-state index in [0.717, 1.165) is 71.7 Å². The fraction of sp³-hybridized carbons (Fsp3) is 0.410. The van der Waals surface area contributed by atoms with Gasteiger partial charge in [-0.15, -0.1) is 0 Å². The number of aryl methyl sites for hydroxylation is 2. The molecule has 4 aliphatic rings. The number of para-hydroxylation sites is 1. The standard InChI is InChI=1S/C61H63N3O/c1-33-17-16-18-34(2)43(33)50-49-47-41(30-63-55-52(47)59(12)23-25-60(55,13)26-24-59)64-40-27-35(29-62)51-44(46(40)48(53(49)64)45-38-19-14-15-20-42(38)65-54(45)50)37-22-21-36(58(9,10)11)28-39(37)61(51,31-56(3,4)5)32-57(6,7)8/h14-22,27-28,30H,23-26,31-32H2,1-13H3. The molecule has 0 spiro atoms. The first kappa shape index (κ1) is 40.8. The monoisotopic (exact) mass is 853 g/mol. The normalized spacial score (nSPS) is 20.5. The van der Waals surface area contributed by atoms with Gasteiger partial charge < -0.3 is 8.82 Å². The summed E-state index contributed by atoms with van der Waals surface area (Å²) in [7, 11) is 0. The Morgan fingerprint density at radius 2 is 1.34 bits per heavy atom. The Bertz CT molecular complexity index is 3570. The first-order valence-corrected chi connectivity index (χ1v) is 24.3. The lowest BCUT2D eigenvalue weighted by Gasteiger charge is -2.51. The topological polar surface area (TPSA) is 54.2 Å². The fourth-order valence-corrected chi connectivity index (χ4v) is 14.2. The Balaban J connectivity index is 1.41. The highest BCUT2D eigenvalue weighted by Gasteiger charge is 2.53. The minimum atomic E-state index is -0.402. The first-order chi connectivity index (χ1) is 30.6. The van der Waals surface area contributed by atoms with Gasteiger partial charge in [0.15, 0.2) is 0 Å². The lowest BCUT2D eigenvalue weighted by molar-refractivity contribution is 0.184. The van der Waals surface area contributed by atoms with Gasteiger partial charge in [0, 0.05) is 48.7 Å². The molecule has 0 aliphatic heterocycles. The molecule has 0 unspecified atom stereocenters. The largest absolute Gasteiger partial charge is 0.455 e. The highest BCUT2D eigenvalue weighted by molar-refractivity contribution is 6.41. The van der Waals surface area contributed by atoms with Crippen LogP contribution in [0.5, 0.6) is 0 Å². The van der Waals surface area contributed by atoms with Crippen LogP contribution in [-0.2, 0) is 21.7 Å². The van der Waals surface area contributed by atoms with Crippen LogP contribution in [0.2, 0.25) is 0 Å². The summed E-state index contributed by atoms with van der Waals surface area (Å²) in [4.78, 5) is 5.57. The molecule has 328 valence electrons. The third-order valence-electron chi connectivity index (χ3n) is 16.7. The number of pyridine rings is 1. The van der Waals surface area contributed by atoms with Crippen molar-refractivity contribution in [3.8, 4) is 28.3 Å². The van der Waals surface area contributed by atoms with Crippen molar-refractivity contribution in [3.05, 3.63) is 118 Å². The number of rotatable bonds is 3. The highest BCUT2D eigenvalue weighted by atomic mass is 16.3. The van der Waals surface area contributed by atoms with Crippen molar-refractivity contribution in [1.29, 1.82) is 5.26 Å². The van der Waals surface area contributed by atoms with Gasteiger partial charge in [-0.05, 0) is 136 Å². The smallest absolute Gasteiger partial charge is 0.144 e. The van der Waals surface area contributed by atoms with Gasteiger partial charge in [0.1, 0.15) is 11.2 Å². The molecule has 4 aliphatic carbocycles. The van der Waals surface area contributed by atoms with E-state index in [9.17, 15) is 5.26 Å². The number of hydrogen-bond donors (Lipinski definition) is 0. The second-order valence-electron chi connectivity index (χ2n) is 25.0. The summed E-state index contributed by atoms with van der Waals surface area (Å²) < 4.78 is 9.95. The van der Waals surface area contributed by atoms with Crippen molar-refractivity contribution in [2.45, 2.75) is 150 Å². The van der Waals surface area contributed by atoms with E-state index in [-0.39, 0.29) is 27.1 Å². The summed E-state index contributed by atoms with van der Waals surface area (Å²) in [5, 5.41) is 19.1. The molecule has 65 heavy (non-hydrogen) atoms. The highest BCUT2D eigenvalue weighted by Crippen LogP contribution is 2.65. The molecule has 0 amide bonds. The Kier molecular flexibility index (Phi) is 7.92. The van der Waals surface area contributed by atoms with Gasteiger partial charge in [0.05, 0.1) is 40.1 Å². The molecule has 0 atom stereocenters. The number of aromatic nitrogens is 2. The van der Waals surface area contributed by atoms with Crippen LogP contribution in [0.3, 0.4) is 0 Å². The zero-order valence-corrected chi connectivity index (χ0v) is 40.9. The van der Waals surface area contributed by atoms with Gasteiger partial charge in [-0.3, -0.25) is 4.98 Å². The molecule has 9 aromatic rings. The van der Waals surface area contributed by atoms with E-state index < -0.39 is 5.41 Å². The Labute approximate surface area is 384 Å². The number of furan rings is 1.